The fourth-order valence-corrected chi connectivity index (χ4v) is 4.61. The Bertz CT molecular complexity index is 852. The van der Waals surface area contributed by atoms with Gasteiger partial charge < -0.3 is 9.30 Å². The van der Waals surface area contributed by atoms with Gasteiger partial charge in [0.05, 0.1) is 12.5 Å². The number of hydrogen-bond donors (Lipinski definition) is 0. The normalized spacial score (nSPS) is 15.8. The maximum Gasteiger partial charge on any atom is 0.316 e. The predicted molar refractivity (Wildman–Crippen MR) is 114 cm³/mol. The van der Waals surface area contributed by atoms with Crippen molar-refractivity contribution in [1.29, 1.82) is 0 Å². The lowest BCUT2D eigenvalue weighted by atomic mass is 9.69. The molecule has 1 saturated carbocycles. The average Bonchev–Trinajstić information content (AvgIpc) is 3.06. The molecule has 0 atom stereocenters. The number of esters is 1. The van der Waals surface area contributed by atoms with E-state index in [1.807, 2.05) is 28.8 Å². The van der Waals surface area contributed by atoms with E-state index in [4.69, 9.17) is 16.3 Å². The van der Waals surface area contributed by atoms with E-state index in [-0.39, 0.29) is 11.1 Å². The molecule has 156 valence electrons. The summed E-state index contributed by atoms with van der Waals surface area (Å²) in [6.07, 6.45) is 8.48. The Kier molecular flexibility index (Phi) is 7.12. The van der Waals surface area contributed by atoms with Crippen molar-refractivity contribution in [3.05, 3.63) is 52.1 Å². The van der Waals surface area contributed by atoms with Crippen molar-refractivity contribution in [2.75, 3.05) is 7.11 Å². The van der Waals surface area contributed by atoms with Crippen LogP contribution in [0.15, 0.2) is 24.3 Å². The standard InChI is InChI=1S/C23H29ClN2O3/c1-3-4-8-20-25-21(24)19(16-27)26(20)15-17-9-11-18(12-10-17)23(22(28)29-2)13-6-5-7-14-23/h9-12,16H,3-8,13-15H2,1-2H3. The number of imidazole rings is 1. The van der Waals surface area contributed by atoms with Crippen LogP contribution in [0.4, 0.5) is 0 Å². The Hall–Kier alpha value is -2.14. The van der Waals surface area contributed by atoms with Crippen molar-refractivity contribution < 1.29 is 14.3 Å². The summed E-state index contributed by atoms with van der Waals surface area (Å²) in [5.74, 6) is 0.692. The molecule has 1 fully saturated rings. The smallest absolute Gasteiger partial charge is 0.316 e. The van der Waals surface area contributed by atoms with Crippen molar-refractivity contribution in [2.24, 2.45) is 0 Å². The van der Waals surface area contributed by atoms with Gasteiger partial charge in [-0.05, 0) is 30.4 Å². The van der Waals surface area contributed by atoms with Gasteiger partial charge in [0.1, 0.15) is 11.5 Å². The highest BCUT2D eigenvalue weighted by atomic mass is 35.5. The number of unbranched alkanes of at least 4 members (excludes halogenated alkanes) is 1. The molecule has 0 unspecified atom stereocenters. The number of hydrogen-bond acceptors (Lipinski definition) is 4. The van der Waals surface area contributed by atoms with E-state index in [9.17, 15) is 9.59 Å². The van der Waals surface area contributed by atoms with Crippen LogP contribution in [0.5, 0.6) is 0 Å². The van der Waals surface area contributed by atoms with Gasteiger partial charge in [0.2, 0.25) is 0 Å². The molecule has 0 saturated heterocycles. The average molecular weight is 417 g/mol. The van der Waals surface area contributed by atoms with Crippen LogP contribution >= 0.6 is 11.6 Å². The minimum absolute atomic E-state index is 0.142. The lowest BCUT2D eigenvalue weighted by Crippen LogP contribution is -2.38. The molecule has 1 aliphatic rings. The van der Waals surface area contributed by atoms with E-state index in [1.54, 1.807) is 0 Å². The van der Waals surface area contributed by atoms with Gasteiger partial charge >= 0.3 is 5.97 Å². The van der Waals surface area contributed by atoms with E-state index in [0.29, 0.717) is 12.2 Å². The van der Waals surface area contributed by atoms with Gasteiger partial charge in [-0.25, -0.2) is 4.98 Å². The Morgan fingerprint density at radius 1 is 1.24 bits per heavy atom. The summed E-state index contributed by atoms with van der Waals surface area (Å²) in [6, 6.07) is 8.12. The Morgan fingerprint density at radius 3 is 2.52 bits per heavy atom. The van der Waals surface area contributed by atoms with E-state index < -0.39 is 5.41 Å². The van der Waals surface area contributed by atoms with Crippen LogP contribution in [-0.2, 0) is 27.9 Å². The topological polar surface area (TPSA) is 61.2 Å². The number of ether oxygens (including phenoxy) is 1. The maximum atomic E-state index is 12.6. The van der Waals surface area contributed by atoms with Gasteiger partial charge in [-0.15, -0.1) is 0 Å². The lowest BCUT2D eigenvalue weighted by molar-refractivity contribution is -0.149. The molecule has 0 radical (unpaired) electrons. The van der Waals surface area contributed by atoms with Crippen LogP contribution in [0, 0.1) is 0 Å². The summed E-state index contributed by atoms with van der Waals surface area (Å²) in [7, 11) is 1.47. The van der Waals surface area contributed by atoms with Gasteiger partial charge in [-0.2, -0.15) is 0 Å². The molecule has 1 aliphatic carbocycles. The molecule has 6 heteroatoms. The highest BCUT2D eigenvalue weighted by molar-refractivity contribution is 6.31. The molecule has 0 amide bonds. The molecular weight excluding hydrogens is 388 g/mol. The number of nitrogens with zero attached hydrogens (tertiary/aromatic N) is 2. The fraction of sp³-hybridized carbons (Fsp3) is 0.522. The molecule has 1 aromatic heterocycles. The second-order valence-corrected chi connectivity index (χ2v) is 8.20. The summed E-state index contributed by atoms with van der Waals surface area (Å²) >= 11 is 6.18. The van der Waals surface area contributed by atoms with Crippen LogP contribution in [0.25, 0.3) is 0 Å². The van der Waals surface area contributed by atoms with Crippen LogP contribution in [-0.4, -0.2) is 28.9 Å². The zero-order valence-corrected chi connectivity index (χ0v) is 18.0. The second-order valence-electron chi connectivity index (χ2n) is 7.84. The molecule has 0 spiro atoms. The summed E-state index contributed by atoms with van der Waals surface area (Å²) in [6.45, 7) is 2.65. The van der Waals surface area contributed by atoms with Crippen LogP contribution in [0.2, 0.25) is 5.15 Å². The second kappa shape index (κ2) is 9.57. The predicted octanol–water partition coefficient (Wildman–Crippen LogP) is 5.11. The van der Waals surface area contributed by atoms with Crippen LogP contribution in [0.1, 0.15) is 79.3 Å². The summed E-state index contributed by atoms with van der Waals surface area (Å²) in [4.78, 5) is 28.5. The zero-order valence-electron chi connectivity index (χ0n) is 17.2. The molecule has 5 nitrogen and oxygen atoms in total. The number of benzene rings is 1. The van der Waals surface area contributed by atoms with E-state index in [2.05, 4.69) is 11.9 Å². The number of rotatable bonds is 8. The Balaban J connectivity index is 1.88. The molecule has 0 N–H and O–H groups in total. The van der Waals surface area contributed by atoms with Crippen LogP contribution in [0.3, 0.4) is 0 Å². The molecule has 0 bridgehead atoms. The van der Waals surface area contributed by atoms with Gasteiger partial charge in [-0.3, -0.25) is 9.59 Å². The minimum Gasteiger partial charge on any atom is -0.468 e. The first-order chi connectivity index (χ1) is 14.1. The summed E-state index contributed by atoms with van der Waals surface area (Å²) in [5, 5.41) is 0.259. The number of aldehydes is 1. The summed E-state index contributed by atoms with van der Waals surface area (Å²) in [5.41, 5.74) is 1.93. The number of halogens is 1. The third kappa shape index (κ3) is 4.40. The van der Waals surface area contributed by atoms with Gasteiger partial charge in [-0.1, -0.05) is 68.5 Å². The van der Waals surface area contributed by atoms with Crippen LogP contribution < -0.4 is 0 Å². The summed E-state index contributed by atoms with van der Waals surface area (Å²) < 4.78 is 7.05. The third-order valence-corrected chi connectivity index (χ3v) is 6.32. The van der Waals surface area contributed by atoms with Gasteiger partial charge in [0, 0.05) is 13.0 Å². The largest absolute Gasteiger partial charge is 0.468 e. The van der Waals surface area contributed by atoms with E-state index >= 15 is 0 Å². The minimum atomic E-state index is -0.538. The molecule has 3 rings (SSSR count). The fourth-order valence-electron chi connectivity index (χ4n) is 4.37. The SMILES string of the molecule is CCCCc1nc(Cl)c(C=O)n1Cc1ccc(C2(C(=O)OC)CCCCC2)cc1. The molecule has 0 aliphatic heterocycles. The first kappa shape index (κ1) is 21.6. The molecule has 2 aromatic rings. The third-order valence-electron chi connectivity index (χ3n) is 6.04. The van der Waals surface area contributed by atoms with Crippen molar-refractivity contribution in [1.82, 2.24) is 9.55 Å². The monoisotopic (exact) mass is 416 g/mol. The van der Waals surface area contributed by atoms with E-state index in [1.165, 1.54) is 7.11 Å². The number of carbonyl (C=O) groups is 2. The van der Waals surface area contributed by atoms with Crippen molar-refractivity contribution in [2.45, 2.75) is 70.3 Å². The first-order valence-electron chi connectivity index (χ1n) is 10.4. The van der Waals surface area contributed by atoms with Gasteiger partial charge in [0.25, 0.3) is 0 Å². The quantitative estimate of drug-likeness (QED) is 0.443. The molecule has 1 heterocycles. The highest BCUT2D eigenvalue weighted by Gasteiger charge is 2.42. The van der Waals surface area contributed by atoms with Crippen molar-refractivity contribution >= 4 is 23.9 Å². The number of aromatic nitrogens is 2. The van der Waals surface area contributed by atoms with Crippen molar-refractivity contribution in [3.63, 3.8) is 0 Å². The highest BCUT2D eigenvalue weighted by Crippen LogP contribution is 2.40. The lowest BCUT2D eigenvalue weighted by Gasteiger charge is -2.35. The molecule has 29 heavy (non-hydrogen) atoms. The number of carbonyl (C=O) groups excluding carboxylic acids is 2. The number of methoxy groups -OCH3 is 1. The molecular formula is C23H29ClN2O3. The Morgan fingerprint density at radius 2 is 1.93 bits per heavy atom. The van der Waals surface area contributed by atoms with Crippen molar-refractivity contribution in [3.8, 4) is 0 Å². The Labute approximate surface area is 177 Å². The maximum absolute atomic E-state index is 12.6. The van der Waals surface area contributed by atoms with Gasteiger partial charge in [0.15, 0.2) is 11.4 Å². The first-order valence-corrected chi connectivity index (χ1v) is 10.8. The number of aryl methyl sites for hydroxylation is 1. The zero-order chi connectivity index (χ0) is 20.9. The van der Waals surface area contributed by atoms with E-state index in [0.717, 1.165) is 74.6 Å². The molecule has 1 aromatic carbocycles.